The molecule has 1 aromatic heterocycles. The number of nitrogens with two attached hydrogens (primary N) is 1. The fourth-order valence-corrected chi connectivity index (χ4v) is 3.10. The highest BCUT2D eigenvalue weighted by Gasteiger charge is 2.23. The van der Waals surface area contributed by atoms with Crippen LogP contribution in [0, 0.1) is 0 Å². The van der Waals surface area contributed by atoms with E-state index in [2.05, 4.69) is 32.5 Å². The Bertz CT molecular complexity index is 633. The largest absolute Gasteiger partial charge is 0.382 e. The van der Waals surface area contributed by atoms with E-state index in [9.17, 15) is 4.79 Å². The molecule has 4 N–H and O–H groups in total. The molecule has 0 spiro atoms. The number of hydrogen-bond donors (Lipinski definition) is 3. The van der Waals surface area contributed by atoms with Gasteiger partial charge in [0.05, 0.1) is 6.04 Å². The van der Waals surface area contributed by atoms with E-state index in [-0.39, 0.29) is 11.9 Å². The lowest BCUT2D eigenvalue weighted by atomic mass is 10.0. The summed E-state index contributed by atoms with van der Waals surface area (Å²) < 4.78 is 0. The molecule has 0 aliphatic carbocycles. The Morgan fingerprint density at radius 3 is 2.65 bits per heavy atom. The number of aromatic amines is 1. The van der Waals surface area contributed by atoms with E-state index in [4.69, 9.17) is 5.73 Å². The molecule has 1 atom stereocenters. The number of H-pyrrole nitrogens is 1. The number of aromatic nitrogens is 2. The van der Waals surface area contributed by atoms with Gasteiger partial charge < -0.3 is 11.1 Å². The summed E-state index contributed by atoms with van der Waals surface area (Å²) in [6.45, 7) is 2.72. The summed E-state index contributed by atoms with van der Waals surface area (Å²) in [7, 11) is 0. The summed E-state index contributed by atoms with van der Waals surface area (Å²) in [5.41, 5.74) is 7.18. The van der Waals surface area contributed by atoms with Crippen molar-refractivity contribution in [1.29, 1.82) is 0 Å². The molecule has 1 amide bonds. The number of carbonyl (C=O) groups is 1. The Balaban J connectivity index is 1.69. The van der Waals surface area contributed by atoms with Gasteiger partial charge in [-0.05, 0) is 31.5 Å². The molecule has 0 bridgehead atoms. The Morgan fingerprint density at radius 2 is 2.00 bits per heavy atom. The number of carbonyl (C=O) groups excluding carboxylic acids is 1. The van der Waals surface area contributed by atoms with Gasteiger partial charge in [-0.2, -0.15) is 5.10 Å². The predicted molar refractivity (Wildman–Crippen MR) is 89.9 cm³/mol. The van der Waals surface area contributed by atoms with Crippen LogP contribution >= 0.6 is 0 Å². The molecule has 1 fully saturated rings. The summed E-state index contributed by atoms with van der Waals surface area (Å²) in [4.78, 5) is 14.7. The summed E-state index contributed by atoms with van der Waals surface area (Å²) in [6, 6.07) is 12.1. The van der Waals surface area contributed by atoms with Gasteiger partial charge in [-0.1, -0.05) is 36.8 Å². The van der Waals surface area contributed by atoms with Crippen LogP contribution in [0.2, 0.25) is 0 Å². The number of piperidine rings is 1. The quantitative estimate of drug-likeness (QED) is 0.787. The maximum Gasteiger partial charge on any atom is 0.269 e. The second kappa shape index (κ2) is 7.28. The van der Waals surface area contributed by atoms with Crippen molar-refractivity contribution in [1.82, 2.24) is 20.4 Å². The van der Waals surface area contributed by atoms with Crippen molar-refractivity contribution < 1.29 is 4.79 Å². The number of anilines is 1. The third-order valence-electron chi connectivity index (χ3n) is 4.31. The second-order valence-corrected chi connectivity index (χ2v) is 5.94. The van der Waals surface area contributed by atoms with Crippen LogP contribution < -0.4 is 11.1 Å². The Morgan fingerprint density at radius 1 is 1.26 bits per heavy atom. The van der Waals surface area contributed by atoms with Crippen LogP contribution in [0.5, 0.6) is 0 Å². The first-order chi connectivity index (χ1) is 11.2. The number of benzene rings is 1. The molecule has 1 aliphatic rings. The predicted octanol–water partition coefficient (Wildman–Crippen LogP) is 1.95. The first-order valence-corrected chi connectivity index (χ1v) is 8.12. The van der Waals surface area contributed by atoms with Crippen molar-refractivity contribution in [2.24, 2.45) is 0 Å². The van der Waals surface area contributed by atoms with Crippen molar-refractivity contribution in [3.8, 4) is 0 Å². The van der Waals surface area contributed by atoms with E-state index in [1.165, 1.54) is 24.8 Å². The Kier molecular flexibility index (Phi) is 4.92. The molecular weight excluding hydrogens is 290 g/mol. The highest BCUT2D eigenvalue weighted by atomic mass is 16.1. The number of nitrogens with zero attached hydrogens (tertiary/aromatic N) is 2. The average Bonchev–Trinajstić information content (AvgIpc) is 3.03. The van der Waals surface area contributed by atoms with Crippen molar-refractivity contribution in [3.05, 3.63) is 47.7 Å². The number of likely N-dealkylation sites (tertiary alicyclic amines) is 1. The molecule has 3 rings (SSSR count). The van der Waals surface area contributed by atoms with E-state index in [0.29, 0.717) is 18.1 Å². The molecular formula is C17H23N5O. The third kappa shape index (κ3) is 3.90. The lowest BCUT2D eigenvalue weighted by Gasteiger charge is -2.35. The van der Waals surface area contributed by atoms with Crippen molar-refractivity contribution in [2.45, 2.75) is 25.3 Å². The maximum atomic E-state index is 12.2. The third-order valence-corrected chi connectivity index (χ3v) is 4.31. The molecule has 6 nitrogen and oxygen atoms in total. The highest BCUT2D eigenvalue weighted by Crippen LogP contribution is 2.24. The first-order valence-electron chi connectivity index (χ1n) is 8.12. The van der Waals surface area contributed by atoms with Crippen LogP contribution in [-0.2, 0) is 0 Å². The summed E-state index contributed by atoms with van der Waals surface area (Å²) in [5.74, 6) is 0.151. The van der Waals surface area contributed by atoms with E-state index in [1.807, 2.05) is 18.2 Å². The minimum absolute atomic E-state index is 0.174. The minimum Gasteiger partial charge on any atom is -0.382 e. The Labute approximate surface area is 136 Å². The van der Waals surface area contributed by atoms with Gasteiger partial charge in [-0.15, -0.1) is 0 Å². The van der Waals surface area contributed by atoms with Crippen LogP contribution in [0.4, 0.5) is 5.82 Å². The molecule has 1 unspecified atom stereocenters. The van der Waals surface area contributed by atoms with Crippen LogP contribution in [0.3, 0.4) is 0 Å². The molecule has 0 radical (unpaired) electrons. The standard InChI is InChI=1S/C17H23N5O/c18-16-11-14(20-21-16)17(23)19-12-15(13-7-3-1-4-8-13)22-9-5-2-6-10-22/h1,3-4,7-8,11,15H,2,5-6,9-10,12H2,(H,19,23)(H3,18,20,21). The zero-order chi connectivity index (χ0) is 16.1. The monoisotopic (exact) mass is 313 g/mol. The minimum atomic E-state index is -0.174. The Hall–Kier alpha value is -2.34. The molecule has 2 heterocycles. The molecule has 0 saturated carbocycles. The molecule has 2 aromatic rings. The number of nitrogen functional groups attached to an aromatic ring is 1. The van der Waals surface area contributed by atoms with Gasteiger partial charge >= 0.3 is 0 Å². The average molecular weight is 313 g/mol. The van der Waals surface area contributed by atoms with E-state index < -0.39 is 0 Å². The molecule has 1 saturated heterocycles. The van der Waals surface area contributed by atoms with E-state index >= 15 is 0 Å². The summed E-state index contributed by atoms with van der Waals surface area (Å²) in [6.07, 6.45) is 3.72. The fourth-order valence-electron chi connectivity index (χ4n) is 3.10. The van der Waals surface area contributed by atoms with Gasteiger partial charge in [0.15, 0.2) is 0 Å². The van der Waals surface area contributed by atoms with Gasteiger partial charge in [-0.3, -0.25) is 14.8 Å². The van der Waals surface area contributed by atoms with E-state index in [0.717, 1.165) is 13.1 Å². The number of hydrogen-bond acceptors (Lipinski definition) is 4. The molecule has 122 valence electrons. The lowest BCUT2D eigenvalue weighted by molar-refractivity contribution is 0.0919. The fraction of sp³-hybridized carbons (Fsp3) is 0.412. The molecule has 1 aliphatic heterocycles. The molecule has 6 heteroatoms. The summed E-state index contributed by atoms with van der Waals surface area (Å²) >= 11 is 0. The zero-order valence-electron chi connectivity index (χ0n) is 13.2. The zero-order valence-corrected chi connectivity index (χ0v) is 13.2. The maximum absolute atomic E-state index is 12.2. The number of nitrogens with one attached hydrogen (secondary N) is 2. The van der Waals surface area contributed by atoms with Crippen LogP contribution in [0.25, 0.3) is 0 Å². The van der Waals surface area contributed by atoms with Crippen molar-refractivity contribution in [2.75, 3.05) is 25.4 Å². The van der Waals surface area contributed by atoms with E-state index in [1.54, 1.807) is 6.07 Å². The van der Waals surface area contributed by atoms with Crippen LogP contribution in [-0.4, -0.2) is 40.6 Å². The van der Waals surface area contributed by atoms with Gasteiger partial charge in [0.1, 0.15) is 11.5 Å². The van der Waals surface area contributed by atoms with Crippen LogP contribution in [0.15, 0.2) is 36.4 Å². The highest BCUT2D eigenvalue weighted by molar-refractivity contribution is 5.92. The van der Waals surface area contributed by atoms with Gasteiger partial charge in [0.2, 0.25) is 0 Å². The normalized spacial score (nSPS) is 16.9. The topological polar surface area (TPSA) is 87.0 Å². The number of rotatable bonds is 5. The van der Waals surface area contributed by atoms with Gasteiger partial charge in [0, 0.05) is 12.6 Å². The van der Waals surface area contributed by atoms with Gasteiger partial charge in [0.25, 0.3) is 5.91 Å². The SMILES string of the molecule is Nc1cc(C(=O)NCC(c2ccccc2)N2CCCCC2)[nH]n1. The van der Waals surface area contributed by atoms with Crippen molar-refractivity contribution in [3.63, 3.8) is 0 Å². The lowest BCUT2D eigenvalue weighted by Crippen LogP contribution is -2.40. The molecule has 23 heavy (non-hydrogen) atoms. The van der Waals surface area contributed by atoms with Crippen LogP contribution in [0.1, 0.15) is 41.4 Å². The summed E-state index contributed by atoms with van der Waals surface area (Å²) in [5, 5.41) is 9.44. The smallest absolute Gasteiger partial charge is 0.269 e. The first kappa shape index (κ1) is 15.6. The number of amides is 1. The van der Waals surface area contributed by atoms with Crippen molar-refractivity contribution >= 4 is 11.7 Å². The second-order valence-electron chi connectivity index (χ2n) is 5.94. The molecule has 1 aromatic carbocycles. The van der Waals surface area contributed by atoms with Gasteiger partial charge in [-0.25, -0.2) is 0 Å².